The van der Waals surface area contributed by atoms with Gasteiger partial charge >= 0.3 is 0 Å². The number of allylic oxidation sites excluding steroid dienone is 1. The molecular formula is C16H15ClN4O. The van der Waals surface area contributed by atoms with E-state index in [4.69, 9.17) is 16.0 Å². The van der Waals surface area contributed by atoms with Crippen LogP contribution in [-0.4, -0.2) is 24.4 Å². The second-order valence-electron chi connectivity index (χ2n) is 5.29. The zero-order chi connectivity index (χ0) is 14.9. The number of halogens is 1. The summed E-state index contributed by atoms with van der Waals surface area (Å²) in [6.07, 6.45) is 4.50. The number of nitrogens with zero attached hydrogens (tertiary/aromatic N) is 3. The topological polar surface area (TPSA) is 53.7 Å². The Hall–Kier alpha value is -2.27. The van der Waals surface area contributed by atoms with Gasteiger partial charge in [0.05, 0.1) is 6.54 Å². The van der Waals surface area contributed by atoms with Crippen molar-refractivity contribution in [2.24, 2.45) is 4.99 Å². The number of hydrogen-bond donors (Lipinski definition) is 1. The van der Waals surface area contributed by atoms with Crippen LogP contribution in [0.15, 0.2) is 39.8 Å². The molecule has 0 unspecified atom stereocenters. The minimum Gasteiger partial charge on any atom is -0.440 e. The van der Waals surface area contributed by atoms with Gasteiger partial charge in [0, 0.05) is 29.9 Å². The summed E-state index contributed by atoms with van der Waals surface area (Å²) >= 11 is 6.08. The summed E-state index contributed by atoms with van der Waals surface area (Å²) in [7, 11) is 0. The molecule has 0 saturated heterocycles. The molecule has 0 bridgehead atoms. The van der Waals surface area contributed by atoms with E-state index in [2.05, 4.69) is 26.3 Å². The molecule has 0 atom stereocenters. The summed E-state index contributed by atoms with van der Waals surface area (Å²) in [5.41, 5.74) is 3.00. The molecule has 0 fully saturated rings. The SMILES string of the molecule is Clc1cccc(N2CCc3oc(C4=CC=NCN4)nc3C2)c1. The number of hydrogen-bond acceptors (Lipinski definition) is 5. The Balaban J connectivity index is 1.60. The number of anilines is 1. The first-order valence-corrected chi connectivity index (χ1v) is 7.61. The van der Waals surface area contributed by atoms with E-state index < -0.39 is 0 Å². The predicted molar refractivity (Wildman–Crippen MR) is 87.2 cm³/mol. The van der Waals surface area contributed by atoms with Gasteiger partial charge in [-0.25, -0.2) is 4.98 Å². The monoisotopic (exact) mass is 314 g/mol. The van der Waals surface area contributed by atoms with Crippen LogP contribution in [0.25, 0.3) is 5.70 Å². The third kappa shape index (κ3) is 2.48. The molecule has 1 N–H and O–H groups in total. The molecule has 1 aromatic heterocycles. The van der Waals surface area contributed by atoms with E-state index in [-0.39, 0.29) is 0 Å². The average Bonchev–Trinajstić information content (AvgIpc) is 2.99. The predicted octanol–water partition coefficient (Wildman–Crippen LogP) is 2.86. The van der Waals surface area contributed by atoms with Crippen LogP contribution in [0.3, 0.4) is 0 Å². The molecular weight excluding hydrogens is 300 g/mol. The molecule has 4 rings (SSSR count). The maximum atomic E-state index is 6.08. The summed E-state index contributed by atoms with van der Waals surface area (Å²) in [5, 5.41) is 3.92. The lowest BCUT2D eigenvalue weighted by Crippen LogP contribution is -2.30. The van der Waals surface area contributed by atoms with Crippen molar-refractivity contribution in [1.29, 1.82) is 0 Å². The molecule has 0 saturated carbocycles. The van der Waals surface area contributed by atoms with Crippen molar-refractivity contribution in [3.05, 3.63) is 52.7 Å². The molecule has 0 spiro atoms. The number of benzene rings is 1. The smallest absolute Gasteiger partial charge is 0.243 e. The maximum absolute atomic E-state index is 6.08. The highest BCUT2D eigenvalue weighted by Gasteiger charge is 2.24. The summed E-state index contributed by atoms with van der Waals surface area (Å²) in [5.74, 6) is 1.61. The quantitative estimate of drug-likeness (QED) is 0.926. The summed E-state index contributed by atoms with van der Waals surface area (Å²) in [6, 6.07) is 7.91. The molecule has 2 aliphatic rings. The van der Waals surface area contributed by atoms with Gasteiger partial charge in [0.2, 0.25) is 5.89 Å². The van der Waals surface area contributed by atoms with Gasteiger partial charge < -0.3 is 14.6 Å². The Labute approximate surface area is 133 Å². The highest BCUT2D eigenvalue weighted by molar-refractivity contribution is 6.30. The largest absolute Gasteiger partial charge is 0.440 e. The second kappa shape index (κ2) is 5.50. The van der Waals surface area contributed by atoms with E-state index in [0.29, 0.717) is 12.6 Å². The standard InChI is InChI=1S/C16H15ClN4O/c17-11-2-1-3-12(8-11)21-7-5-15-14(9-21)20-16(22-15)13-4-6-18-10-19-13/h1-4,6,8,19H,5,7,9-10H2. The maximum Gasteiger partial charge on any atom is 0.243 e. The molecule has 6 heteroatoms. The van der Waals surface area contributed by atoms with Crippen LogP contribution >= 0.6 is 11.6 Å². The van der Waals surface area contributed by atoms with Crippen LogP contribution in [0.5, 0.6) is 0 Å². The number of aromatic nitrogens is 1. The molecule has 0 radical (unpaired) electrons. The highest BCUT2D eigenvalue weighted by Crippen LogP contribution is 2.28. The lowest BCUT2D eigenvalue weighted by atomic mass is 10.1. The molecule has 5 nitrogen and oxygen atoms in total. The molecule has 3 heterocycles. The fraction of sp³-hybridized carbons (Fsp3) is 0.250. The van der Waals surface area contributed by atoms with Gasteiger partial charge in [-0.3, -0.25) is 4.99 Å². The van der Waals surface area contributed by atoms with Crippen molar-refractivity contribution in [2.75, 3.05) is 18.1 Å². The van der Waals surface area contributed by atoms with Gasteiger partial charge in [0.1, 0.15) is 23.8 Å². The summed E-state index contributed by atoms with van der Waals surface area (Å²) < 4.78 is 5.90. The first-order valence-electron chi connectivity index (χ1n) is 7.23. The fourth-order valence-electron chi connectivity index (χ4n) is 2.72. The Kier molecular flexibility index (Phi) is 3.35. The Bertz CT molecular complexity index is 765. The van der Waals surface area contributed by atoms with Crippen molar-refractivity contribution in [1.82, 2.24) is 10.3 Å². The van der Waals surface area contributed by atoms with Crippen LogP contribution < -0.4 is 10.2 Å². The number of fused-ring (bicyclic) bond motifs is 1. The number of rotatable bonds is 2. The second-order valence-corrected chi connectivity index (χ2v) is 5.72. The van der Waals surface area contributed by atoms with Crippen molar-refractivity contribution in [3.63, 3.8) is 0 Å². The van der Waals surface area contributed by atoms with Gasteiger partial charge in [-0.05, 0) is 24.3 Å². The number of oxazole rings is 1. The van der Waals surface area contributed by atoms with Gasteiger partial charge in [-0.15, -0.1) is 0 Å². The first kappa shape index (κ1) is 13.4. The molecule has 1 aromatic carbocycles. The number of nitrogens with one attached hydrogen (secondary N) is 1. The van der Waals surface area contributed by atoms with E-state index in [0.717, 1.165) is 47.4 Å². The lowest BCUT2D eigenvalue weighted by molar-refractivity contribution is 0.474. The lowest BCUT2D eigenvalue weighted by Gasteiger charge is -2.27. The highest BCUT2D eigenvalue weighted by atomic mass is 35.5. The van der Waals surface area contributed by atoms with E-state index in [1.165, 1.54) is 0 Å². The van der Waals surface area contributed by atoms with Gasteiger partial charge in [0.15, 0.2) is 0 Å². The molecule has 0 amide bonds. The van der Waals surface area contributed by atoms with Gasteiger partial charge in [0.25, 0.3) is 0 Å². The van der Waals surface area contributed by atoms with Crippen molar-refractivity contribution >= 4 is 29.2 Å². The van der Waals surface area contributed by atoms with Gasteiger partial charge in [-0.1, -0.05) is 17.7 Å². The average molecular weight is 315 g/mol. The minimum atomic E-state index is 0.563. The molecule has 22 heavy (non-hydrogen) atoms. The molecule has 0 aliphatic carbocycles. The summed E-state index contributed by atoms with van der Waals surface area (Å²) in [4.78, 5) is 11.0. The Morgan fingerprint density at radius 2 is 2.27 bits per heavy atom. The fourth-order valence-corrected chi connectivity index (χ4v) is 2.91. The van der Waals surface area contributed by atoms with E-state index in [1.54, 1.807) is 6.21 Å². The minimum absolute atomic E-state index is 0.563. The number of aliphatic imine (C=N–C) groups is 1. The van der Waals surface area contributed by atoms with Crippen LogP contribution in [0.4, 0.5) is 5.69 Å². The van der Waals surface area contributed by atoms with Crippen LogP contribution in [0.1, 0.15) is 17.3 Å². The third-order valence-corrected chi connectivity index (χ3v) is 4.07. The Morgan fingerprint density at radius 1 is 1.32 bits per heavy atom. The van der Waals surface area contributed by atoms with Gasteiger partial charge in [-0.2, -0.15) is 0 Å². The summed E-state index contributed by atoms with van der Waals surface area (Å²) in [6.45, 7) is 2.20. The van der Waals surface area contributed by atoms with Crippen LogP contribution in [0.2, 0.25) is 5.02 Å². The molecule has 2 aromatic rings. The molecule has 112 valence electrons. The van der Waals surface area contributed by atoms with Crippen molar-refractivity contribution < 1.29 is 4.42 Å². The zero-order valence-corrected chi connectivity index (χ0v) is 12.7. The van der Waals surface area contributed by atoms with Crippen molar-refractivity contribution in [3.8, 4) is 0 Å². The van der Waals surface area contributed by atoms with Crippen molar-refractivity contribution in [2.45, 2.75) is 13.0 Å². The van der Waals surface area contributed by atoms with Crippen LogP contribution in [0, 0.1) is 0 Å². The first-order chi connectivity index (χ1) is 10.8. The van der Waals surface area contributed by atoms with E-state index in [1.807, 2.05) is 24.3 Å². The van der Waals surface area contributed by atoms with Crippen LogP contribution in [-0.2, 0) is 13.0 Å². The van der Waals surface area contributed by atoms with E-state index in [9.17, 15) is 0 Å². The molecule has 2 aliphatic heterocycles. The zero-order valence-electron chi connectivity index (χ0n) is 11.9. The van der Waals surface area contributed by atoms with E-state index >= 15 is 0 Å². The normalized spacial score (nSPS) is 17.0. The third-order valence-electron chi connectivity index (χ3n) is 3.84. The Morgan fingerprint density at radius 3 is 3.09 bits per heavy atom.